The maximum absolute atomic E-state index is 3.76. The first-order chi connectivity index (χ1) is 6.09. The van der Waals surface area contributed by atoms with E-state index in [4.69, 9.17) is 0 Å². The van der Waals surface area contributed by atoms with Gasteiger partial charge >= 0.3 is 0 Å². The zero-order chi connectivity index (χ0) is 9.84. The minimum atomic E-state index is 0.738. The summed E-state index contributed by atoms with van der Waals surface area (Å²) < 4.78 is 2.02. The van der Waals surface area contributed by atoms with Crippen molar-refractivity contribution in [2.24, 2.45) is 0 Å². The molecule has 0 aliphatic carbocycles. The van der Waals surface area contributed by atoms with E-state index in [-0.39, 0.29) is 0 Å². The Balaban J connectivity index is 2.75. The van der Waals surface area contributed by atoms with Crippen LogP contribution in [0.1, 0.15) is 5.56 Å². The van der Waals surface area contributed by atoms with Crippen LogP contribution in [-0.2, 0) is 0 Å². The van der Waals surface area contributed by atoms with Crippen LogP contribution in [0.3, 0.4) is 0 Å². The number of hydrogen-bond donors (Lipinski definition) is 1. The topological polar surface area (TPSA) is 12.0 Å². The molecule has 0 aliphatic heterocycles. The summed E-state index contributed by atoms with van der Waals surface area (Å²) in [4.78, 5) is 0. The van der Waals surface area contributed by atoms with E-state index in [2.05, 4.69) is 62.8 Å². The summed E-state index contributed by atoms with van der Waals surface area (Å²) in [7, 11) is 0. The molecule has 0 saturated heterocycles. The lowest BCUT2D eigenvalue weighted by molar-refractivity contribution is 1.30. The van der Waals surface area contributed by atoms with Gasteiger partial charge in [0.25, 0.3) is 0 Å². The number of benzene rings is 1. The SMILES string of the molecule is C=C(Br)CNc1cc(C)ccc1Br. The summed E-state index contributed by atoms with van der Waals surface area (Å²) >= 11 is 6.78. The van der Waals surface area contributed by atoms with Gasteiger partial charge in [0.2, 0.25) is 0 Å². The van der Waals surface area contributed by atoms with Gasteiger partial charge in [0.15, 0.2) is 0 Å². The molecule has 0 radical (unpaired) electrons. The molecule has 1 rings (SSSR count). The van der Waals surface area contributed by atoms with Gasteiger partial charge in [-0.2, -0.15) is 0 Å². The summed E-state index contributed by atoms with van der Waals surface area (Å²) in [5.74, 6) is 0. The molecule has 1 nitrogen and oxygen atoms in total. The number of nitrogens with one attached hydrogen (secondary N) is 1. The lowest BCUT2D eigenvalue weighted by atomic mass is 10.2. The number of anilines is 1. The molecule has 13 heavy (non-hydrogen) atoms. The van der Waals surface area contributed by atoms with Crippen LogP contribution in [0.4, 0.5) is 5.69 Å². The van der Waals surface area contributed by atoms with Gasteiger partial charge in [-0.25, -0.2) is 0 Å². The number of halogens is 2. The van der Waals surface area contributed by atoms with E-state index < -0.39 is 0 Å². The fourth-order valence-corrected chi connectivity index (χ4v) is 1.49. The summed E-state index contributed by atoms with van der Waals surface area (Å²) in [6.45, 7) is 6.57. The van der Waals surface area contributed by atoms with E-state index in [1.54, 1.807) is 0 Å². The van der Waals surface area contributed by atoms with Crippen molar-refractivity contribution in [1.82, 2.24) is 0 Å². The molecule has 0 aliphatic rings. The minimum Gasteiger partial charge on any atom is -0.380 e. The van der Waals surface area contributed by atoms with Crippen molar-refractivity contribution in [3.63, 3.8) is 0 Å². The fourth-order valence-electron chi connectivity index (χ4n) is 0.966. The standard InChI is InChI=1S/C10H11Br2N/c1-7-3-4-9(12)10(5-7)13-6-8(2)11/h3-5,13H,2,6H2,1H3. The largest absolute Gasteiger partial charge is 0.380 e. The maximum atomic E-state index is 3.76. The van der Waals surface area contributed by atoms with Gasteiger partial charge in [0, 0.05) is 21.2 Å². The summed E-state index contributed by atoms with van der Waals surface area (Å²) in [5, 5.41) is 3.26. The first-order valence-electron chi connectivity index (χ1n) is 3.93. The predicted molar refractivity (Wildman–Crippen MR) is 65.4 cm³/mol. The molecule has 0 unspecified atom stereocenters. The predicted octanol–water partition coefficient (Wildman–Crippen LogP) is 4.08. The van der Waals surface area contributed by atoms with Crippen LogP contribution < -0.4 is 5.32 Å². The molecule has 1 N–H and O–H groups in total. The van der Waals surface area contributed by atoms with Crippen molar-refractivity contribution in [2.45, 2.75) is 6.92 Å². The van der Waals surface area contributed by atoms with E-state index in [9.17, 15) is 0 Å². The van der Waals surface area contributed by atoms with Crippen LogP contribution in [-0.4, -0.2) is 6.54 Å². The quantitative estimate of drug-likeness (QED) is 0.887. The zero-order valence-corrected chi connectivity index (χ0v) is 10.6. The molecule has 0 bridgehead atoms. The van der Waals surface area contributed by atoms with Crippen molar-refractivity contribution < 1.29 is 0 Å². The normalized spacial score (nSPS) is 9.77. The van der Waals surface area contributed by atoms with Gasteiger partial charge in [0.1, 0.15) is 0 Å². The second-order valence-electron chi connectivity index (χ2n) is 2.85. The molecular weight excluding hydrogens is 294 g/mol. The molecule has 70 valence electrons. The van der Waals surface area contributed by atoms with E-state index in [0.29, 0.717) is 0 Å². The Morgan fingerprint density at radius 3 is 2.85 bits per heavy atom. The maximum Gasteiger partial charge on any atom is 0.0490 e. The van der Waals surface area contributed by atoms with Crippen molar-refractivity contribution in [3.05, 3.63) is 39.3 Å². The molecule has 1 aromatic carbocycles. The average molecular weight is 305 g/mol. The third-order valence-electron chi connectivity index (χ3n) is 1.59. The molecule has 3 heteroatoms. The molecule has 0 aromatic heterocycles. The molecule has 0 saturated carbocycles. The smallest absolute Gasteiger partial charge is 0.0490 e. The zero-order valence-electron chi connectivity index (χ0n) is 7.40. The Hall–Kier alpha value is -0.280. The Morgan fingerprint density at radius 1 is 1.54 bits per heavy atom. The number of hydrogen-bond acceptors (Lipinski definition) is 1. The molecule has 1 aromatic rings. The summed E-state index contributed by atoms with van der Waals surface area (Å²) in [6.07, 6.45) is 0. The summed E-state index contributed by atoms with van der Waals surface area (Å²) in [5.41, 5.74) is 2.34. The van der Waals surface area contributed by atoms with Gasteiger partial charge in [0.05, 0.1) is 0 Å². The highest BCUT2D eigenvalue weighted by atomic mass is 79.9. The molecule has 0 amide bonds. The molecule has 0 heterocycles. The third-order valence-corrected chi connectivity index (χ3v) is 2.56. The van der Waals surface area contributed by atoms with Crippen LogP contribution in [0.2, 0.25) is 0 Å². The van der Waals surface area contributed by atoms with Crippen molar-refractivity contribution in [1.29, 1.82) is 0 Å². The second kappa shape index (κ2) is 4.82. The molecule has 0 fully saturated rings. The van der Waals surface area contributed by atoms with Crippen LogP contribution in [0.25, 0.3) is 0 Å². The minimum absolute atomic E-state index is 0.738. The highest BCUT2D eigenvalue weighted by Gasteiger charge is 1.98. The first kappa shape index (κ1) is 10.8. The van der Waals surface area contributed by atoms with Gasteiger partial charge < -0.3 is 5.32 Å². The van der Waals surface area contributed by atoms with Crippen LogP contribution >= 0.6 is 31.9 Å². The lowest BCUT2D eigenvalue weighted by Gasteiger charge is -2.08. The van der Waals surface area contributed by atoms with Crippen molar-refractivity contribution in [2.75, 3.05) is 11.9 Å². The van der Waals surface area contributed by atoms with E-state index >= 15 is 0 Å². The first-order valence-corrected chi connectivity index (χ1v) is 5.51. The Kier molecular flexibility index (Phi) is 4.00. The van der Waals surface area contributed by atoms with Gasteiger partial charge in [-0.15, -0.1) is 0 Å². The molecule has 0 spiro atoms. The number of aryl methyl sites for hydroxylation is 1. The Morgan fingerprint density at radius 2 is 2.23 bits per heavy atom. The van der Waals surface area contributed by atoms with Crippen LogP contribution in [0.5, 0.6) is 0 Å². The highest BCUT2D eigenvalue weighted by molar-refractivity contribution is 9.11. The molecular formula is C10H11Br2N. The third kappa shape index (κ3) is 3.53. The van der Waals surface area contributed by atoms with E-state index in [1.807, 2.05) is 6.07 Å². The van der Waals surface area contributed by atoms with Crippen LogP contribution in [0, 0.1) is 6.92 Å². The highest BCUT2D eigenvalue weighted by Crippen LogP contribution is 2.23. The van der Waals surface area contributed by atoms with Gasteiger partial charge in [-0.3, -0.25) is 0 Å². The fraction of sp³-hybridized carbons (Fsp3) is 0.200. The van der Waals surface area contributed by atoms with Crippen LogP contribution in [0.15, 0.2) is 33.7 Å². The second-order valence-corrected chi connectivity index (χ2v) is 4.83. The van der Waals surface area contributed by atoms with Gasteiger partial charge in [-0.1, -0.05) is 28.6 Å². The van der Waals surface area contributed by atoms with E-state index in [1.165, 1.54) is 5.56 Å². The average Bonchev–Trinajstić information content (AvgIpc) is 2.06. The summed E-state index contributed by atoms with van der Waals surface area (Å²) in [6, 6.07) is 6.20. The van der Waals surface area contributed by atoms with Crippen molar-refractivity contribution in [3.8, 4) is 0 Å². The van der Waals surface area contributed by atoms with E-state index in [0.717, 1.165) is 21.2 Å². The Labute approximate surface area is 95.5 Å². The molecule has 0 atom stereocenters. The number of rotatable bonds is 3. The van der Waals surface area contributed by atoms with Crippen molar-refractivity contribution >= 4 is 37.5 Å². The van der Waals surface area contributed by atoms with Gasteiger partial charge in [-0.05, 0) is 40.5 Å². The Bertz CT molecular complexity index is 321. The lowest BCUT2D eigenvalue weighted by Crippen LogP contribution is -2.01. The monoisotopic (exact) mass is 303 g/mol.